The van der Waals surface area contributed by atoms with Crippen molar-refractivity contribution in [2.75, 3.05) is 46.6 Å². The number of methoxy groups -OCH3 is 1. The van der Waals surface area contributed by atoms with E-state index in [-0.39, 0.29) is 11.9 Å². The number of fused-ring (bicyclic) bond motifs is 1. The van der Waals surface area contributed by atoms with Crippen LogP contribution in [0.15, 0.2) is 35.7 Å². The molecule has 1 N–H and O–H groups in total. The van der Waals surface area contributed by atoms with Crippen molar-refractivity contribution >= 4 is 17.2 Å². The summed E-state index contributed by atoms with van der Waals surface area (Å²) in [5.41, 5.74) is 1.17. The lowest BCUT2D eigenvalue weighted by atomic mass is 10.0. The Labute approximate surface area is 199 Å². The number of para-hydroxylation sites is 2. The standard InChI is InChI=1S/C25H34N2O5S/c1-3-31-16-19(28)14-26(18-8-9-18)15-25(29)27-12-10-24-20(11-13-33-24)21(27)17-32-23-7-5-4-6-22(23)30-2/h4-7,11,13,18-19,21,28H,3,8-10,12,14-17H2,1-2H3/t19-,21-/m0/s1. The van der Waals surface area contributed by atoms with Gasteiger partial charge in [0, 0.05) is 30.6 Å². The molecule has 0 unspecified atom stereocenters. The number of hydrogen-bond donors (Lipinski definition) is 1. The van der Waals surface area contributed by atoms with Crippen LogP contribution in [-0.2, 0) is 16.0 Å². The first-order valence-corrected chi connectivity index (χ1v) is 12.6. The SMILES string of the molecule is CCOC[C@@H](O)CN(CC(=O)N1CCc2sccc2[C@@H]1COc1ccccc1OC)C1CC1. The molecular weight excluding hydrogens is 440 g/mol. The lowest BCUT2D eigenvalue weighted by molar-refractivity contribution is -0.136. The second-order valence-corrected chi connectivity index (χ2v) is 9.59. The Bertz CT molecular complexity index is 916. The van der Waals surface area contributed by atoms with Crippen molar-refractivity contribution in [2.24, 2.45) is 0 Å². The molecule has 8 heteroatoms. The summed E-state index contributed by atoms with van der Waals surface area (Å²) < 4.78 is 16.9. The molecule has 1 amide bonds. The highest BCUT2D eigenvalue weighted by molar-refractivity contribution is 7.10. The Morgan fingerprint density at radius 3 is 2.79 bits per heavy atom. The number of carbonyl (C=O) groups is 1. The van der Waals surface area contributed by atoms with Crippen LogP contribution < -0.4 is 9.47 Å². The number of nitrogens with zero attached hydrogens (tertiary/aromatic N) is 2. The summed E-state index contributed by atoms with van der Waals surface area (Å²) in [5, 5.41) is 12.4. The molecule has 0 radical (unpaired) electrons. The van der Waals surface area contributed by atoms with Gasteiger partial charge in [-0.25, -0.2) is 0 Å². The van der Waals surface area contributed by atoms with E-state index in [1.54, 1.807) is 18.4 Å². The van der Waals surface area contributed by atoms with E-state index in [0.717, 1.165) is 19.3 Å². The van der Waals surface area contributed by atoms with Gasteiger partial charge in [0.2, 0.25) is 5.91 Å². The topological polar surface area (TPSA) is 71.5 Å². The number of thiophene rings is 1. The lowest BCUT2D eigenvalue weighted by Crippen LogP contribution is -2.48. The normalized spacial score (nSPS) is 18.8. The highest BCUT2D eigenvalue weighted by Crippen LogP contribution is 2.36. The fourth-order valence-corrected chi connectivity index (χ4v) is 5.33. The molecule has 2 aromatic rings. The first-order chi connectivity index (χ1) is 16.1. The number of hydrogen-bond acceptors (Lipinski definition) is 7. The number of rotatable bonds is 12. The van der Waals surface area contributed by atoms with E-state index in [0.29, 0.717) is 57.0 Å². The molecule has 33 heavy (non-hydrogen) atoms. The van der Waals surface area contributed by atoms with Gasteiger partial charge in [0.05, 0.1) is 32.4 Å². The van der Waals surface area contributed by atoms with Gasteiger partial charge in [0.1, 0.15) is 6.61 Å². The van der Waals surface area contributed by atoms with Crippen molar-refractivity contribution in [3.8, 4) is 11.5 Å². The van der Waals surface area contributed by atoms with Crippen LogP contribution in [0.4, 0.5) is 0 Å². The zero-order valence-electron chi connectivity index (χ0n) is 19.4. The summed E-state index contributed by atoms with van der Waals surface area (Å²) in [6.07, 6.45) is 2.42. The van der Waals surface area contributed by atoms with Gasteiger partial charge in [-0.15, -0.1) is 11.3 Å². The predicted molar refractivity (Wildman–Crippen MR) is 128 cm³/mol. The molecule has 2 atom stereocenters. The molecule has 1 aliphatic heterocycles. The molecule has 2 aliphatic rings. The lowest BCUT2D eigenvalue weighted by Gasteiger charge is -2.37. The number of benzene rings is 1. The zero-order valence-corrected chi connectivity index (χ0v) is 20.3. The molecule has 7 nitrogen and oxygen atoms in total. The van der Waals surface area contributed by atoms with Crippen LogP contribution in [0, 0.1) is 0 Å². The molecule has 0 bridgehead atoms. The summed E-state index contributed by atoms with van der Waals surface area (Å²) in [4.78, 5) is 18.9. The maximum absolute atomic E-state index is 13.5. The third kappa shape index (κ3) is 6.06. The molecular formula is C25H34N2O5S. The summed E-state index contributed by atoms with van der Waals surface area (Å²) in [5.74, 6) is 1.43. The van der Waals surface area contributed by atoms with E-state index in [9.17, 15) is 9.90 Å². The molecule has 180 valence electrons. The van der Waals surface area contributed by atoms with Crippen molar-refractivity contribution in [3.05, 3.63) is 46.2 Å². The molecule has 2 heterocycles. The van der Waals surface area contributed by atoms with Gasteiger partial charge < -0.3 is 24.2 Å². The van der Waals surface area contributed by atoms with Gasteiger partial charge in [-0.05, 0) is 55.3 Å². The molecule has 0 saturated heterocycles. The van der Waals surface area contributed by atoms with Gasteiger partial charge in [-0.2, -0.15) is 0 Å². The molecule has 4 rings (SSSR count). The van der Waals surface area contributed by atoms with E-state index in [1.165, 1.54) is 10.4 Å². The molecule has 0 spiro atoms. The molecule has 1 aliphatic carbocycles. The van der Waals surface area contributed by atoms with Crippen molar-refractivity contribution in [2.45, 2.75) is 44.4 Å². The first kappa shape index (κ1) is 24.0. The third-order valence-corrected chi connectivity index (χ3v) is 7.24. The highest BCUT2D eigenvalue weighted by atomic mass is 32.1. The molecule has 1 aromatic heterocycles. The fourth-order valence-electron chi connectivity index (χ4n) is 4.41. The summed E-state index contributed by atoms with van der Waals surface area (Å²) in [6, 6.07) is 9.92. The maximum atomic E-state index is 13.5. The average Bonchev–Trinajstić information content (AvgIpc) is 3.57. The number of ether oxygens (including phenoxy) is 3. The van der Waals surface area contributed by atoms with Crippen LogP contribution in [-0.4, -0.2) is 79.5 Å². The maximum Gasteiger partial charge on any atom is 0.237 e. The Kier molecular flexibility index (Phi) is 8.25. The van der Waals surface area contributed by atoms with Gasteiger partial charge in [0.25, 0.3) is 0 Å². The van der Waals surface area contributed by atoms with Crippen molar-refractivity contribution in [3.63, 3.8) is 0 Å². The largest absolute Gasteiger partial charge is 0.493 e. The Morgan fingerprint density at radius 1 is 1.27 bits per heavy atom. The van der Waals surface area contributed by atoms with Crippen LogP contribution in [0.3, 0.4) is 0 Å². The van der Waals surface area contributed by atoms with E-state index >= 15 is 0 Å². The average molecular weight is 475 g/mol. The van der Waals surface area contributed by atoms with Crippen LogP contribution in [0.2, 0.25) is 0 Å². The third-order valence-electron chi connectivity index (χ3n) is 6.24. The van der Waals surface area contributed by atoms with Crippen LogP contribution in [0.5, 0.6) is 11.5 Å². The Hall–Kier alpha value is -2.13. The van der Waals surface area contributed by atoms with E-state index < -0.39 is 6.10 Å². The first-order valence-electron chi connectivity index (χ1n) is 11.7. The molecule has 1 saturated carbocycles. The van der Waals surface area contributed by atoms with E-state index in [2.05, 4.69) is 16.3 Å². The quantitative estimate of drug-likeness (QED) is 0.510. The number of amides is 1. The van der Waals surface area contributed by atoms with Gasteiger partial charge >= 0.3 is 0 Å². The Morgan fingerprint density at radius 2 is 2.06 bits per heavy atom. The second kappa shape index (κ2) is 11.3. The monoisotopic (exact) mass is 474 g/mol. The zero-order chi connectivity index (χ0) is 23.2. The predicted octanol–water partition coefficient (Wildman–Crippen LogP) is 3.12. The van der Waals surface area contributed by atoms with E-state index in [1.807, 2.05) is 36.1 Å². The van der Waals surface area contributed by atoms with Crippen molar-refractivity contribution in [1.82, 2.24) is 9.80 Å². The van der Waals surface area contributed by atoms with Gasteiger partial charge in [-0.3, -0.25) is 9.69 Å². The number of aliphatic hydroxyl groups is 1. The minimum Gasteiger partial charge on any atom is -0.493 e. The fraction of sp³-hybridized carbons (Fsp3) is 0.560. The molecule has 1 aromatic carbocycles. The van der Waals surface area contributed by atoms with Crippen molar-refractivity contribution < 1.29 is 24.1 Å². The van der Waals surface area contributed by atoms with Crippen LogP contribution in [0.1, 0.15) is 36.2 Å². The summed E-state index contributed by atoms with van der Waals surface area (Å²) >= 11 is 1.74. The molecule has 1 fully saturated rings. The smallest absolute Gasteiger partial charge is 0.237 e. The Balaban J connectivity index is 1.45. The van der Waals surface area contributed by atoms with Crippen LogP contribution in [0.25, 0.3) is 0 Å². The summed E-state index contributed by atoms with van der Waals surface area (Å²) in [6.45, 7) is 4.58. The van der Waals surface area contributed by atoms with Gasteiger partial charge in [-0.1, -0.05) is 12.1 Å². The van der Waals surface area contributed by atoms with E-state index in [4.69, 9.17) is 14.2 Å². The summed E-state index contributed by atoms with van der Waals surface area (Å²) in [7, 11) is 1.63. The minimum atomic E-state index is -0.590. The van der Waals surface area contributed by atoms with Crippen LogP contribution >= 0.6 is 11.3 Å². The highest BCUT2D eigenvalue weighted by Gasteiger charge is 2.36. The van der Waals surface area contributed by atoms with Gasteiger partial charge in [0.15, 0.2) is 11.5 Å². The minimum absolute atomic E-state index is 0.0796. The number of aliphatic hydroxyl groups excluding tert-OH is 1. The second-order valence-electron chi connectivity index (χ2n) is 8.59. The number of carbonyl (C=O) groups excluding carboxylic acids is 1. The van der Waals surface area contributed by atoms with Crippen molar-refractivity contribution in [1.29, 1.82) is 0 Å².